The van der Waals surface area contributed by atoms with Crippen LogP contribution in [0.2, 0.25) is 0 Å². The van der Waals surface area contributed by atoms with Crippen molar-refractivity contribution in [2.24, 2.45) is 7.05 Å². The number of piperidine rings is 1. The average Bonchev–Trinajstić information content (AvgIpc) is 3.32. The van der Waals surface area contributed by atoms with Crippen molar-refractivity contribution in [1.82, 2.24) is 33.6 Å². The van der Waals surface area contributed by atoms with Gasteiger partial charge >= 0.3 is 5.69 Å². The SMILES string of the molecule is CC(=O)N1CCCC(n2c(=O)n(C)c3cnc(-c4cnn5ccc(C#N)cc45)nc32)C1. The number of likely N-dealkylation sites (tertiary alicyclic amines) is 1. The molecule has 5 rings (SSSR count). The Hall–Kier alpha value is -4.00. The molecule has 1 saturated heterocycles. The van der Waals surface area contributed by atoms with Crippen molar-refractivity contribution in [2.75, 3.05) is 13.1 Å². The minimum absolute atomic E-state index is 0.00736. The lowest BCUT2D eigenvalue weighted by molar-refractivity contribution is -0.130. The lowest BCUT2D eigenvalue weighted by Gasteiger charge is -2.32. The van der Waals surface area contributed by atoms with Crippen molar-refractivity contribution in [1.29, 1.82) is 5.26 Å². The molecule has 0 spiro atoms. The van der Waals surface area contributed by atoms with Gasteiger partial charge < -0.3 is 4.90 Å². The van der Waals surface area contributed by atoms with Crippen LogP contribution in [0.4, 0.5) is 0 Å². The number of hydrogen-bond donors (Lipinski definition) is 0. The molecule has 0 bridgehead atoms. The smallest absolute Gasteiger partial charge is 0.330 e. The van der Waals surface area contributed by atoms with Gasteiger partial charge in [-0.05, 0) is 25.0 Å². The summed E-state index contributed by atoms with van der Waals surface area (Å²) in [6.07, 6.45) is 6.63. The van der Waals surface area contributed by atoms with Gasteiger partial charge in [-0.2, -0.15) is 10.4 Å². The third-order valence-electron chi connectivity index (χ3n) is 5.93. The molecule has 0 aromatic carbocycles. The molecule has 4 aromatic heterocycles. The number of carbonyl (C=O) groups is 1. The zero-order valence-corrected chi connectivity index (χ0v) is 17.2. The summed E-state index contributed by atoms with van der Waals surface area (Å²) in [5.41, 5.74) is 2.88. The first-order valence-corrected chi connectivity index (χ1v) is 10.0. The molecule has 1 amide bonds. The molecule has 10 heteroatoms. The Bertz CT molecular complexity index is 1440. The molecule has 5 heterocycles. The van der Waals surface area contributed by atoms with Crippen molar-refractivity contribution < 1.29 is 4.79 Å². The number of amides is 1. The van der Waals surface area contributed by atoms with Gasteiger partial charge in [0.25, 0.3) is 0 Å². The third kappa shape index (κ3) is 2.97. The maximum atomic E-state index is 13.1. The quantitative estimate of drug-likeness (QED) is 0.489. The van der Waals surface area contributed by atoms with Crippen LogP contribution in [0.5, 0.6) is 0 Å². The second-order valence-corrected chi connectivity index (χ2v) is 7.79. The number of rotatable bonds is 2. The molecule has 1 unspecified atom stereocenters. The molecular formula is C21H20N8O2. The van der Waals surface area contributed by atoms with Gasteiger partial charge in [0, 0.05) is 33.3 Å². The van der Waals surface area contributed by atoms with Crippen LogP contribution in [0.15, 0.2) is 35.5 Å². The van der Waals surface area contributed by atoms with Gasteiger partial charge in [-0.15, -0.1) is 0 Å². The van der Waals surface area contributed by atoms with Crippen LogP contribution in [-0.2, 0) is 11.8 Å². The normalized spacial score (nSPS) is 16.7. The maximum Gasteiger partial charge on any atom is 0.330 e. The van der Waals surface area contributed by atoms with E-state index in [1.807, 2.05) is 0 Å². The Morgan fingerprint density at radius 1 is 1.29 bits per heavy atom. The van der Waals surface area contributed by atoms with Gasteiger partial charge in [-0.25, -0.2) is 19.3 Å². The van der Waals surface area contributed by atoms with E-state index in [9.17, 15) is 14.9 Å². The van der Waals surface area contributed by atoms with E-state index in [4.69, 9.17) is 4.98 Å². The Kier molecular flexibility index (Phi) is 4.32. The van der Waals surface area contributed by atoms with E-state index in [1.54, 1.807) is 58.7 Å². The molecule has 1 aliphatic heterocycles. The predicted octanol–water partition coefficient (Wildman–Crippen LogP) is 1.50. The first kappa shape index (κ1) is 19.0. The van der Waals surface area contributed by atoms with Crippen LogP contribution >= 0.6 is 0 Å². The van der Waals surface area contributed by atoms with Gasteiger partial charge in [0.15, 0.2) is 11.5 Å². The van der Waals surface area contributed by atoms with E-state index in [-0.39, 0.29) is 17.6 Å². The van der Waals surface area contributed by atoms with Crippen LogP contribution in [-0.4, -0.2) is 52.6 Å². The van der Waals surface area contributed by atoms with Crippen molar-refractivity contribution in [3.8, 4) is 17.5 Å². The van der Waals surface area contributed by atoms with Crippen LogP contribution in [0.3, 0.4) is 0 Å². The van der Waals surface area contributed by atoms with Crippen LogP contribution < -0.4 is 5.69 Å². The fourth-order valence-electron chi connectivity index (χ4n) is 4.27. The lowest BCUT2D eigenvalue weighted by Crippen LogP contribution is -2.42. The molecule has 1 aliphatic rings. The Morgan fingerprint density at radius 3 is 2.90 bits per heavy atom. The average molecular weight is 416 g/mol. The molecule has 0 N–H and O–H groups in total. The van der Waals surface area contributed by atoms with Crippen molar-refractivity contribution in [3.05, 3.63) is 46.8 Å². The number of pyridine rings is 1. The van der Waals surface area contributed by atoms with Crippen LogP contribution in [0.1, 0.15) is 31.4 Å². The summed E-state index contributed by atoms with van der Waals surface area (Å²) in [5, 5.41) is 13.6. The highest BCUT2D eigenvalue weighted by molar-refractivity contribution is 5.80. The van der Waals surface area contributed by atoms with E-state index >= 15 is 0 Å². The highest BCUT2D eigenvalue weighted by Crippen LogP contribution is 2.27. The topological polar surface area (TPSA) is 114 Å². The van der Waals surface area contributed by atoms with Crippen molar-refractivity contribution in [2.45, 2.75) is 25.8 Å². The number of nitriles is 1. The predicted molar refractivity (Wildman–Crippen MR) is 112 cm³/mol. The Balaban J connectivity index is 1.67. The van der Waals surface area contributed by atoms with E-state index in [0.717, 1.165) is 12.8 Å². The maximum absolute atomic E-state index is 13.1. The molecule has 0 aliphatic carbocycles. The summed E-state index contributed by atoms with van der Waals surface area (Å²) in [7, 11) is 1.70. The van der Waals surface area contributed by atoms with Gasteiger partial charge in [-0.1, -0.05) is 0 Å². The molecular weight excluding hydrogens is 396 g/mol. The fourth-order valence-corrected chi connectivity index (χ4v) is 4.27. The summed E-state index contributed by atoms with van der Waals surface area (Å²) >= 11 is 0. The summed E-state index contributed by atoms with van der Waals surface area (Å²) in [5.74, 6) is 0.434. The first-order valence-electron chi connectivity index (χ1n) is 10.0. The van der Waals surface area contributed by atoms with E-state index in [2.05, 4.69) is 16.2 Å². The number of hydrogen-bond acceptors (Lipinski definition) is 6. The second-order valence-electron chi connectivity index (χ2n) is 7.79. The minimum atomic E-state index is -0.177. The largest absolute Gasteiger partial charge is 0.341 e. The lowest BCUT2D eigenvalue weighted by atomic mass is 10.1. The molecule has 10 nitrogen and oxygen atoms in total. The fraction of sp³-hybridized carbons (Fsp3) is 0.333. The zero-order chi connectivity index (χ0) is 21.7. The molecule has 0 radical (unpaired) electrons. The van der Waals surface area contributed by atoms with E-state index in [0.29, 0.717) is 46.7 Å². The molecule has 1 atom stereocenters. The van der Waals surface area contributed by atoms with Gasteiger partial charge in [0.2, 0.25) is 5.91 Å². The molecule has 1 fully saturated rings. The molecule has 31 heavy (non-hydrogen) atoms. The monoisotopic (exact) mass is 416 g/mol. The summed E-state index contributed by atoms with van der Waals surface area (Å²) < 4.78 is 4.88. The Labute approximate surface area is 177 Å². The third-order valence-corrected chi connectivity index (χ3v) is 5.93. The highest BCUT2D eigenvalue weighted by atomic mass is 16.2. The van der Waals surface area contributed by atoms with Gasteiger partial charge in [0.05, 0.1) is 41.1 Å². The molecule has 4 aromatic rings. The molecule has 0 saturated carbocycles. The number of fused-ring (bicyclic) bond motifs is 2. The molecule has 156 valence electrons. The van der Waals surface area contributed by atoms with Crippen molar-refractivity contribution >= 4 is 22.6 Å². The minimum Gasteiger partial charge on any atom is -0.341 e. The second kappa shape index (κ2) is 7.05. The zero-order valence-electron chi connectivity index (χ0n) is 17.2. The van der Waals surface area contributed by atoms with E-state index < -0.39 is 0 Å². The van der Waals surface area contributed by atoms with Crippen LogP contribution in [0.25, 0.3) is 28.1 Å². The number of imidazole rings is 1. The highest BCUT2D eigenvalue weighted by Gasteiger charge is 2.27. The number of aryl methyl sites for hydroxylation is 1. The standard InChI is InChI=1S/C21H20N8O2/c1-13(30)27-6-3-4-15(12-27)29-20-18(26(2)21(29)31)11-23-19(25-20)16-10-24-28-7-5-14(9-22)8-17(16)28/h5,7-8,10-11,15H,3-4,6,12H2,1-2H3. The summed E-state index contributed by atoms with van der Waals surface area (Å²) in [6, 6.07) is 5.41. The number of nitrogens with zero attached hydrogens (tertiary/aromatic N) is 8. The van der Waals surface area contributed by atoms with Gasteiger partial charge in [-0.3, -0.25) is 13.9 Å². The van der Waals surface area contributed by atoms with Crippen LogP contribution in [0, 0.1) is 11.3 Å². The van der Waals surface area contributed by atoms with Crippen molar-refractivity contribution in [3.63, 3.8) is 0 Å². The summed E-state index contributed by atoms with van der Waals surface area (Å²) in [6.45, 7) is 2.74. The first-order chi connectivity index (χ1) is 15.0. The summed E-state index contributed by atoms with van der Waals surface area (Å²) in [4.78, 5) is 35.9. The Morgan fingerprint density at radius 2 is 2.13 bits per heavy atom. The number of aromatic nitrogens is 6. The van der Waals surface area contributed by atoms with E-state index in [1.165, 1.54) is 4.57 Å². The number of carbonyl (C=O) groups excluding carboxylic acids is 1. The van der Waals surface area contributed by atoms with Gasteiger partial charge in [0.1, 0.15) is 5.52 Å².